The third kappa shape index (κ3) is 7.04. The molecule has 0 aliphatic rings. The predicted octanol–water partition coefficient (Wildman–Crippen LogP) is 5.24. The van der Waals surface area contributed by atoms with Gasteiger partial charge in [0.25, 0.3) is 0 Å². The van der Waals surface area contributed by atoms with Crippen LogP contribution in [-0.4, -0.2) is 12.2 Å². The molecule has 1 rings (SSSR count). The maximum atomic E-state index is 12.2. The molecule has 114 valence electrons. The van der Waals surface area contributed by atoms with E-state index in [1.54, 1.807) is 12.1 Å². The third-order valence-corrected chi connectivity index (χ3v) is 3.26. The first kappa shape index (κ1) is 17.4. The molecule has 0 heterocycles. The zero-order chi connectivity index (χ0) is 15.5. The first-order chi connectivity index (χ1) is 10.1. The van der Waals surface area contributed by atoms with Gasteiger partial charge in [0.2, 0.25) is 5.78 Å². The summed E-state index contributed by atoms with van der Waals surface area (Å²) in [5.41, 5.74) is 0.790. The van der Waals surface area contributed by atoms with E-state index in [9.17, 15) is 13.6 Å². The zero-order valence-electron chi connectivity index (χ0n) is 12.5. The summed E-state index contributed by atoms with van der Waals surface area (Å²) in [5, 5.41) is 0. The molecule has 0 atom stereocenters. The van der Waals surface area contributed by atoms with Crippen LogP contribution in [0.4, 0.5) is 8.78 Å². The molecule has 3 heteroatoms. The Balaban J connectivity index is 2.33. The highest BCUT2D eigenvalue weighted by Gasteiger charge is 2.16. The lowest BCUT2D eigenvalue weighted by molar-refractivity contribution is 0.0679. The summed E-state index contributed by atoms with van der Waals surface area (Å²) in [6, 6.07) is 6.04. The third-order valence-electron chi connectivity index (χ3n) is 3.26. The van der Waals surface area contributed by atoms with Crippen LogP contribution in [0.1, 0.15) is 67.8 Å². The van der Waals surface area contributed by atoms with E-state index < -0.39 is 12.2 Å². The molecule has 0 spiro atoms. The molecule has 0 saturated carbocycles. The first-order valence-corrected chi connectivity index (χ1v) is 7.56. The lowest BCUT2D eigenvalue weighted by Crippen LogP contribution is -2.09. The van der Waals surface area contributed by atoms with E-state index in [0.29, 0.717) is 0 Å². The van der Waals surface area contributed by atoms with Gasteiger partial charge in [0.15, 0.2) is 0 Å². The van der Waals surface area contributed by atoms with E-state index in [2.05, 4.69) is 18.8 Å². The largest absolute Gasteiger partial charge is 0.300 e. The molecule has 1 aromatic carbocycles. The van der Waals surface area contributed by atoms with Crippen molar-refractivity contribution in [2.75, 3.05) is 0 Å². The molecule has 0 N–H and O–H groups in total. The van der Waals surface area contributed by atoms with Gasteiger partial charge in [0, 0.05) is 17.5 Å². The van der Waals surface area contributed by atoms with Crippen molar-refractivity contribution in [1.82, 2.24) is 0 Å². The lowest BCUT2D eigenvalue weighted by atomic mass is 10.1. The number of hydrogen-bond acceptors (Lipinski definition) is 1. The number of halogens is 2. The number of unbranched alkanes of at least 4 members (excludes halogenated alkanes) is 6. The fourth-order valence-electron chi connectivity index (χ4n) is 2.00. The van der Waals surface area contributed by atoms with Gasteiger partial charge in [-0.25, -0.2) is 8.78 Å². The van der Waals surface area contributed by atoms with Crippen LogP contribution < -0.4 is 0 Å². The van der Waals surface area contributed by atoms with Crippen molar-refractivity contribution >= 4 is 5.78 Å². The molecule has 0 fully saturated rings. The van der Waals surface area contributed by atoms with Gasteiger partial charge in [-0.2, -0.15) is 0 Å². The van der Waals surface area contributed by atoms with E-state index >= 15 is 0 Å². The molecule has 0 amide bonds. The Hall–Kier alpha value is -1.69. The lowest BCUT2D eigenvalue weighted by Gasteiger charge is -1.99. The average Bonchev–Trinajstić information content (AvgIpc) is 2.49. The minimum Gasteiger partial charge on any atom is -0.288 e. The van der Waals surface area contributed by atoms with Gasteiger partial charge >= 0.3 is 6.43 Å². The fourth-order valence-corrected chi connectivity index (χ4v) is 2.00. The van der Waals surface area contributed by atoms with Gasteiger partial charge in [-0.1, -0.05) is 50.9 Å². The second-order valence-corrected chi connectivity index (χ2v) is 5.06. The standard InChI is InChI=1S/C18H22F2O/c1-2-3-4-5-6-7-8-9-10-15-11-13-16(14-12-15)17(21)18(19)20/h11-14,18H,2-8H2,1H3. The Kier molecular flexibility index (Phi) is 8.35. The van der Waals surface area contributed by atoms with Gasteiger partial charge < -0.3 is 0 Å². The molecule has 1 nitrogen and oxygen atoms in total. The summed E-state index contributed by atoms with van der Waals surface area (Å²) >= 11 is 0. The second-order valence-electron chi connectivity index (χ2n) is 5.06. The highest BCUT2D eigenvalue weighted by molar-refractivity contribution is 5.98. The quantitative estimate of drug-likeness (QED) is 0.364. The maximum absolute atomic E-state index is 12.2. The number of alkyl halides is 2. The van der Waals surface area contributed by atoms with E-state index in [0.717, 1.165) is 18.4 Å². The van der Waals surface area contributed by atoms with Gasteiger partial charge in [0.05, 0.1) is 0 Å². The Morgan fingerprint density at radius 1 is 1.05 bits per heavy atom. The highest BCUT2D eigenvalue weighted by atomic mass is 19.3. The van der Waals surface area contributed by atoms with Gasteiger partial charge in [-0.15, -0.1) is 0 Å². The average molecular weight is 292 g/mol. The van der Waals surface area contributed by atoms with Crippen LogP contribution in [0.5, 0.6) is 0 Å². The van der Waals surface area contributed by atoms with Crippen molar-refractivity contribution in [3.63, 3.8) is 0 Å². The molecule has 0 saturated heterocycles. The molecule has 0 unspecified atom stereocenters. The Labute approximate surface area is 125 Å². The van der Waals surface area contributed by atoms with Gasteiger partial charge in [-0.3, -0.25) is 4.79 Å². The molecule has 0 aliphatic carbocycles. The number of Topliss-reactive ketones (excluding diaryl/α,β-unsaturated/α-hetero) is 1. The number of benzene rings is 1. The van der Waals surface area contributed by atoms with Gasteiger partial charge in [-0.05, 0) is 30.7 Å². The molecule has 0 aromatic heterocycles. The van der Waals surface area contributed by atoms with E-state index in [4.69, 9.17) is 0 Å². The molecular weight excluding hydrogens is 270 g/mol. The predicted molar refractivity (Wildman–Crippen MR) is 81.6 cm³/mol. The number of carbonyl (C=O) groups is 1. The monoisotopic (exact) mass is 292 g/mol. The normalized spacial score (nSPS) is 10.3. The summed E-state index contributed by atoms with van der Waals surface area (Å²) in [5.74, 6) is 4.94. The highest BCUT2D eigenvalue weighted by Crippen LogP contribution is 2.10. The van der Waals surface area contributed by atoms with Crippen LogP contribution >= 0.6 is 0 Å². The topological polar surface area (TPSA) is 17.1 Å². The Morgan fingerprint density at radius 3 is 2.29 bits per heavy atom. The van der Waals surface area contributed by atoms with Crippen LogP contribution in [-0.2, 0) is 0 Å². The van der Waals surface area contributed by atoms with Crippen molar-refractivity contribution < 1.29 is 13.6 Å². The van der Waals surface area contributed by atoms with Crippen LogP contribution in [0.25, 0.3) is 0 Å². The number of carbonyl (C=O) groups excluding carboxylic acids is 1. The van der Waals surface area contributed by atoms with Crippen molar-refractivity contribution in [2.24, 2.45) is 0 Å². The summed E-state index contributed by atoms with van der Waals surface area (Å²) in [6.45, 7) is 2.20. The molecule has 0 radical (unpaired) electrons. The molecular formula is C18H22F2O. The summed E-state index contributed by atoms with van der Waals surface area (Å²) in [6.07, 6.45) is 5.32. The van der Waals surface area contributed by atoms with Crippen molar-refractivity contribution in [3.05, 3.63) is 35.4 Å². The summed E-state index contributed by atoms with van der Waals surface area (Å²) in [7, 11) is 0. The maximum Gasteiger partial charge on any atom is 0.300 e. The second kappa shape index (κ2) is 10.1. The molecule has 0 bridgehead atoms. The van der Waals surface area contributed by atoms with Crippen LogP contribution in [0.3, 0.4) is 0 Å². The van der Waals surface area contributed by atoms with Crippen LogP contribution in [0.15, 0.2) is 24.3 Å². The smallest absolute Gasteiger partial charge is 0.288 e. The van der Waals surface area contributed by atoms with Gasteiger partial charge in [0.1, 0.15) is 0 Å². The minimum atomic E-state index is -2.95. The van der Waals surface area contributed by atoms with E-state index in [1.807, 2.05) is 0 Å². The van der Waals surface area contributed by atoms with Crippen LogP contribution in [0, 0.1) is 11.8 Å². The number of ketones is 1. The fraction of sp³-hybridized carbons (Fsp3) is 0.500. The van der Waals surface area contributed by atoms with Crippen molar-refractivity contribution in [3.8, 4) is 11.8 Å². The van der Waals surface area contributed by atoms with Crippen LogP contribution in [0.2, 0.25) is 0 Å². The van der Waals surface area contributed by atoms with Crippen molar-refractivity contribution in [1.29, 1.82) is 0 Å². The minimum absolute atomic E-state index is 0.0338. The first-order valence-electron chi connectivity index (χ1n) is 7.56. The van der Waals surface area contributed by atoms with E-state index in [1.165, 1.54) is 44.2 Å². The Bertz CT molecular complexity index is 480. The molecule has 0 aliphatic heterocycles. The Morgan fingerprint density at radius 2 is 1.67 bits per heavy atom. The van der Waals surface area contributed by atoms with E-state index in [-0.39, 0.29) is 5.56 Å². The number of hydrogen-bond donors (Lipinski definition) is 0. The van der Waals surface area contributed by atoms with Crippen molar-refractivity contribution in [2.45, 2.75) is 58.3 Å². The SMILES string of the molecule is CCCCCCCCC#Cc1ccc(C(=O)C(F)F)cc1. The molecule has 1 aromatic rings. The summed E-state index contributed by atoms with van der Waals surface area (Å²) in [4.78, 5) is 11.1. The summed E-state index contributed by atoms with van der Waals surface area (Å²) < 4.78 is 24.5. The number of rotatable bonds is 8. The zero-order valence-corrected chi connectivity index (χ0v) is 12.5. The molecule has 21 heavy (non-hydrogen) atoms.